The number of hydrogen-bond donors (Lipinski definition) is 1. The van der Waals surface area contributed by atoms with Crippen LogP contribution in [0.4, 0.5) is 0 Å². The number of aromatic nitrogens is 2. The minimum Gasteiger partial charge on any atom is -0.493 e. The summed E-state index contributed by atoms with van der Waals surface area (Å²) in [6, 6.07) is 9.89. The van der Waals surface area contributed by atoms with E-state index in [4.69, 9.17) is 14.2 Å². The van der Waals surface area contributed by atoms with Gasteiger partial charge in [0.15, 0.2) is 11.5 Å². The van der Waals surface area contributed by atoms with Crippen molar-refractivity contribution >= 4 is 11.0 Å². The maximum Gasteiger partial charge on any atom is 0.163 e. The third kappa shape index (κ3) is 3.08. The van der Waals surface area contributed by atoms with Crippen molar-refractivity contribution in [2.45, 2.75) is 20.5 Å². The maximum atomic E-state index is 5.89. The molecule has 3 aromatic rings. The lowest BCUT2D eigenvalue weighted by atomic mass is 10.1. The van der Waals surface area contributed by atoms with Crippen LogP contribution in [-0.4, -0.2) is 24.2 Å². The number of imidazole rings is 1. The van der Waals surface area contributed by atoms with Crippen LogP contribution in [-0.2, 0) is 6.61 Å². The van der Waals surface area contributed by atoms with Gasteiger partial charge in [-0.15, -0.1) is 0 Å². The van der Waals surface area contributed by atoms with E-state index in [1.54, 1.807) is 14.2 Å². The summed E-state index contributed by atoms with van der Waals surface area (Å²) in [5.74, 6) is 2.97. The van der Waals surface area contributed by atoms with Crippen LogP contribution in [0.5, 0.6) is 17.2 Å². The molecule has 1 heterocycles. The summed E-state index contributed by atoms with van der Waals surface area (Å²) in [6.07, 6.45) is 0. The highest BCUT2D eigenvalue weighted by atomic mass is 16.5. The fourth-order valence-corrected chi connectivity index (χ4v) is 2.47. The Morgan fingerprint density at radius 2 is 1.70 bits per heavy atom. The molecule has 5 nitrogen and oxygen atoms in total. The summed E-state index contributed by atoms with van der Waals surface area (Å²) in [7, 11) is 3.23. The molecule has 1 N–H and O–H groups in total. The lowest BCUT2D eigenvalue weighted by molar-refractivity contribution is 0.295. The second-order valence-electron chi connectivity index (χ2n) is 5.47. The average Bonchev–Trinajstić information content (AvgIpc) is 2.95. The van der Waals surface area contributed by atoms with E-state index in [1.165, 1.54) is 5.56 Å². The zero-order valence-corrected chi connectivity index (χ0v) is 13.8. The van der Waals surface area contributed by atoms with Crippen molar-refractivity contribution in [3.05, 3.63) is 47.3 Å². The molecule has 0 aliphatic carbocycles. The number of aryl methyl sites for hydroxylation is 2. The van der Waals surface area contributed by atoms with Gasteiger partial charge < -0.3 is 19.2 Å². The zero-order chi connectivity index (χ0) is 16.4. The van der Waals surface area contributed by atoms with E-state index in [0.717, 1.165) is 28.2 Å². The molecule has 5 heteroatoms. The van der Waals surface area contributed by atoms with Crippen LogP contribution in [0.2, 0.25) is 0 Å². The highest BCUT2D eigenvalue weighted by Crippen LogP contribution is 2.31. The van der Waals surface area contributed by atoms with Crippen molar-refractivity contribution in [2.75, 3.05) is 14.2 Å². The highest BCUT2D eigenvalue weighted by molar-refractivity contribution is 5.79. The van der Waals surface area contributed by atoms with Gasteiger partial charge in [0.25, 0.3) is 0 Å². The number of ether oxygens (including phenoxy) is 3. The molecule has 0 aliphatic heterocycles. The van der Waals surface area contributed by atoms with Gasteiger partial charge in [0, 0.05) is 12.1 Å². The van der Waals surface area contributed by atoms with Crippen molar-refractivity contribution in [1.29, 1.82) is 0 Å². The first-order chi connectivity index (χ1) is 11.1. The first-order valence-electron chi connectivity index (χ1n) is 7.41. The Labute approximate surface area is 135 Å². The molecule has 1 aromatic heterocycles. The number of hydrogen-bond acceptors (Lipinski definition) is 4. The Morgan fingerprint density at radius 1 is 0.957 bits per heavy atom. The summed E-state index contributed by atoms with van der Waals surface area (Å²) < 4.78 is 16.5. The number of nitrogens with one attached hydrogen (secondary N) is 1. The monoisotopic (exact) mass is 312 g/mol. The summed E-state index contributed by atoms with van der Waals surface area (Å²) in [6.45, 7) is 4.46. The van der Waals surface area contributed by atoms with Crippen LogP contribution in [0.15, 0.2) is 30.3 Å². The standard InChI is InChI=1S/C18H20N2O3/c1-11-5-6-12(2)15(7-11)23-10-18-19-13-8-16(21-3)17(22-4)9-14(13)20-18/h5-9H,10H2,1-4H3,(H,19,20). The number of H-pyrrole nitrogens is 1. The van der Waals surface area contributed by atoms with Gasteiger partial charge in [-0.3, -0.25) is 0 Å². The third-order valence-electron chi connectivity index (χ3n) is 3.74. The predicted octanol–water partition coefficient (Wildman–Crippen LogP) is 3.78. The predicted molar refractivity (Wildman–Crippen MR) is 89.4 cm³/mol. The highest BCUT2D eigenvalue weighted by Gasteiger charge is 2.10. The normalized spacial score (nSPS) is 10.8. The van der Waals surface area contributed by atoms with E-state index in [1.807, 2.05) is 32.0 Å². The van der Waals surface area contributed by atoms with Crippen LogP contribution in [0, 0.1) is 13.8 Å². The van der Waals surface area contributed by atoms with E-state index in [2.05, 4.69) is 22.1 Å². The van der Waals surface area contributed by atoms with Crippen molar-refractivity contribution < 1.29 is 14.2 Å². The van der Waals surface area contributed by atoms with Gasteiger partial charge in [0.1, 0.15) is 18.2 Å². The summed E-state index contributed by atoms with van der Waals surface area (Å²) in [4.78, 5) is 7.80. The molecule has 0 fully saturated rings. The third-order valence-corrected chi connectivity index (χ3v) is 3.74. The van der Waals surface area contributed by atoms with Gasteiger partial charge in [0.05, 0.1) is 25.3 Å². The quantitative estimate of drug-likeness (QED) is 0.779. The Bertz CT molecular complexity index is 799. The molecule has 0 atom stereocenters. The van der Waals surface area contributed by atoms with Crippen molar-refractivity contribution in [1.82, 2.24) is 9.97 Å². The van der Waals surface area contributed by atoms with E-state index in [0.29, 0.717) is 18.1 Å². The van der Waals surface area contributed by atoms with Crippen molar-refractivity contribution in [2.24, 2.45) is 0 Å². The summed E-state index contributed by atoms with van der Waals surface area (Å²) in [5, 5.41) is 0. The number of methoxy groups -OCH3 is 2. The van der Waals surface area contributed by atoms with Crippen LogP contribution in [0.25, 0.3) is 11.0 Å². The number of aromatic amines is 1. The molecule has 0 saturated heterocycles. The average molecular weight is 312 g/mol. The van der Waals surface area contributed by atoms with E-state index in [-0.39, 0.29) is 0 Å². The molecule has 0 radical (unpaired) electrons. The van der Waals surface area contributed by atoms with Crippen molar-refractivity contribution in [3.63, 3.8) is 0 Å². The van der Waals surface area contributed by atoms with Gasteiger partial charge >= 0.3 is 0 Å². The molecule has 0 bridgehead atoms. The summed E-state index contributed by atoms with van der Waals surface area (Å²) in [5.41, 5.74) is 3.99. The zero-order valence-electron chi connectivity index (χ0n) is 13.8. The first kappa shape index (κ1) is 15.2. The number of fused-ring (bicyclic) bond motifs is 1. The Kier molecular flexibility index (Phi) is 4.10. The van der Waals surface area contributed by atoms with Crippen LogP contribution in [0.1, 0.15) is 17.0 Å². The molecule has 2 aromatic carbocycles. The van der Waals surface area contributed by atoms with E-state index < -0.39 is 0 Å². The Hall–Kier alpha value is -2.69. The van der Waals surface area contributed by atoms with E-state index >= 15 is 0 Å². The Balaban J connectivity index is 1.84. The summed E-state index contributed by atoms with van der Waals surface area (Å²) >= 11 is 0. The maximum absolute atomic E-state index is 5.89. The molecule has 0 aliphatic rings. The number of rotatable bonds is 5. The first-order valence-corrected chi connectivity index (χ1v) is 7.41. The minimum atomic E-state index is 0.379. The Morgan fingerprint density at radius 3 is 2.43 bits per heavy atom. The molecular weight excluding hydrogens is 292 g/mol. The SMILES string of the molecule is COc1cc2nc(COc3cc(C)ccc3C)[nH]c2cc1OC. The topological polar surface area (TPSA) is 56.4 Å². The van der Waals surface area contributed by atoms with E-state index in [9.17, 15) is 0 Å². The van der Waals surface area contributed by atoms with Gasteiger partial charge in [-0.25, -0.2) is 4.98 Å². The molecule has 23 heavy (non-hydrogen) atoms. The smallest absolute Gasteiger partial charge is 0.163 e. The molecule has 0 amide bonds. The van der Waals surface area contributed by atoms with Gasteiger partial charge in [-0.05, 0) is 31.0 Å². The lowest BCUT2D eigenvalue weighted by Gasteiger charge is -2.08. The molecule has 3 rings (SSSR count). The van der Waals surface area contributed by atoms with Gasteiger partial charge in [0.2, 0.25) is 0 Å². The van der Waals surface area contributed by atoms with Crippen LogP contribution < -0.4 is 14.2 Å². The van der Waals surface area contributed by atoms with Gasteiger partial charge in [-0.1, -0.05) is 12.1 Å². The molecular formula is C18H20N2O3. The fourth-order valence-electron chi connectivity index (χ4n) is 2.47. The van der Waals surface area contributed by atoms with Gasteiger partial charge in [-0.2, -0.15) is 0 Å². The minimum absolute atomic E-state index is 0.379. The van der Waals surface area contributed by atoms with Crippen LogP contribution >= 0.6 is 0 Å². The second-order valence-corrected chi connectivity index (χ2v) is 5.47. The lowest BCUT2D eigenvalue weighted by Crippen LogP contribution is -1.99. The molecule has 120 valence electrons. The number of benzene rings is 2. The number of nitrogens with zero attached hydrogens (tertiary/aromatic N) is 1. The fraction of sp³-hybridized carbons (Fsp3) is 0.278. The largest absolute Gasteiger partial charge is 0.493 e. The second kappa shape index (κ2) is 6.20. The van der Waals surface area contributed by atoms with Crippen molar-refractivity contribution in [3.8, 4) is 17.2 Å². The molecule has 0 spiro atoms. The molecule has 0 saturated carbocycles. The molecule has 0 unspecified atom stereocenters. The van der Waals surface area contributed by atoms with Crippen LogP contribution in [0.3, 0.4) is 0 Å².